The van der Waals surface area contributed by atoms with E-state index in [0.29, 0.717) is 31.0 Å². The quantitative estimate of drug-likeness (QED) is 0.0720. The van der Waals surface area contributed by atoms with Crippen molar-refractivity contribution < 1.29 is 30.7 Å². The molecule has 0 aromatic heterocycles. The van der Waals surface area contributed by atoms with Crippen molar-refractivity contribution in [1.82, 2.24) is 5.65 Å². The molecule has 0 aliphatic rings. The van der Waals surface area contributed by atoms with Crippen LogP contribution < -0.4 is 24.8 Å². The summed E-state index contributed by atoms with van der Waals surface area (Å²) in [5.41, 5.74) is 2.63. The van der Waals surface area contributed by atoms with E-state index in [1.807, 2.05) is 49.9 Å². The molecule has 0 saturated heterocycles. The molecule has 1 radical (unpaired) electrons. The number of benzene rings is 2. The van der Waals surface area contributed by atoms with Crippen LogP contribution in [0.25, 0.3) is 0 Å². The molecule has 0 aliphatic carbocycles. The van der Waals surface area contributed by atoms with Crippen LogP contribution in [-0.2, 0) is 0 Å². The van der Waals surface area contributed by atoms with Crippen molar-refractivity contribution >= 4 is 19.4 Å². The van der Waals surface area contributed by atoms with Crippen LogP contribution >= 0.6 is 8.00 Å². The zero-order chi connectivity index (χ0) is 28.9. The Hall–Kier alpha value is -2.32. The van der Waals surface area contributed by atoms with Gasteiger partial charge in [0.1, 0.15) is 0 Å². The average molecular weight is 579 g/mol. The van der Waals surface area contributed by atoms with E-state index >= 15 is 0 Å². The first-order valence-electron chi connectivity index (χ1n) is 13.7. The van der Waals surface area contributed by atoms with Crippen molar-refractivity contribution in [2.24, 2.45) is 0 Å². The van der Waals surface area contributed by atoms with Crippen LogP contribution in [0, 0.1) is 6.92 Å². The number of unbranched alkanes of at least 4 members (excludes halogenated alkanes) is 6. The minimum absolute atomic E-state index is 0.117. The van der Waals surface area contributed by atoms with Crippen LogP contribution in [-0.4, -0.2) is 25.8 Å². The van der Waals surface area contributed by atoms with E-state index in [4.69, 9.17) is 9.47 Å². The van der Waals surface area contributed by atoms with Gasteiger partial charge >= 0.3 is 217 Å². The summed E-state index contributed by atoms with van der Waals surface area (Å²) in [4.78, 5) is 2.03. The van der Waals surface area contributed by atoms with Crippen molar-refractivity contribution in [1.29, 1.82) is 0 Å². The van der Waals surface area contributed by atoms with E-state index < -0.39 is 18.5 Å². The Balaban J connectivity index is 2.36. The van der Waals surface area contributed by atoms with E-state index in [-0.39, 0.29) is 18.4 Å². The molecule has 0 N–H and O–H groups in total. The van der Waals surface area contributed by atoms with Crippen molar-refractivity contribution in [3.63, 3.8) is 0 Å². The first-order valence-corrected chi connectivity index (χ1v) is 15.5. The second kappa shape index (κ2) is 15.5. The predicted octanol–water partition coefficient (Wildman–Crippen LogP) is 10.0. The van der Waals surface area contributed by atoms with E-state index in [1.165, 1.54) is 12.1 Å². The molecule has 0 amide bonds. The normalized spacial score (nSPS) is 13.4. The van der Waals surface area contributed by atoms with Gasteiger partial charge in [0.2, 0.25) is 0 Å². The van der Waals surface area contributed by atoms with Gasteiger partial charge in [-0.1, -0.05) is 5.56 Å². The molecule has 0 aliphatic heterocycles. The summed E-state index contributed by atoms with van der Waals surface area (Å²) in [7, 11) is -8.57. The van der Waals surface area contributed by atoms with Gasteiger partial charge in [-0.05, 0) is 6.92 Å². The third-order valence-corrected chi connectivity index (χ3v) is 7.26. The van der Waals surface area contributed by atoms with Gasteiger partial charge in [0.15, 0.2) is 0 Å². The number of ether oxygens (including phenoxy) is 2. The molecular formula is C28H42F5N3O2P. The summed E-state index contributed by atoms with van der Waals surface area (Å²) in [6.45, 7) is 9.18. The fourth-order valence-electron chi connectivity index (χ4n) is 4.18. The maximum absolute atomic E-state index is 13.6. The van der Waals surface area contributed by atoms with Gasteiger partial charge in [-0.15, -0.1) is 0 Å². The number of hydrogen-bond acceptors (Lipinski definition) is 4. The molecule has 0 heterocycles. The maximum atomic E-state index is 13.6. The van der Waals surface area contributed by atoms with Gasteiger partial charge < -0.3 is 0 Å². The summed E-state index contributed by atoms with van der Waals surface area (Å²) < 4.78 is 78.4. The molecule has 1 atom stereocenters. The van der Waals surface area contributed by atoms with Crippen LogP contribution in [0.5, 0.6) is 11.5 Å². The molecule has 5 nitrogen and oxygen atoms in total. The van der Waals surface area contributed by atoms with Crippen molar-refractivity contribution in [3.05, 3.63) is 48.0 Å². The third kappa shape index (κ3) is 11.0. The van der Waals surface area contributed by atoms with Crippen LogP contribution in [0.4, 0.5) is 32.6 Å². The Kier molecular flexibility index (Phi) is 13.0. The van der Waals surface area contributed by atoms with Gasteiger partial charge in [-0.2, -0.15) is 0 Å². The topological polar surface area (TPSA) is 39.0 Å². The van der Waals surface area contributed by atoms with E-state index in [0.717, 1.165) is 56.6 Å². The molecule has 0 saturated carbocycles. The van der Waals surface area contributed by atoms with Crippen molar-refractivity contribution in [3.8, 4) is 11.5 Å². The number of nitrogens with zero attached hydrogens (tertiary/aromatic N) is 3. The summed E-state index contributed by atoms with van der Waals surface area (Å²) in [5, 5.41) is 0. The summed E-state index contributed by atoms with van der Waals surface area (Å²) >= 11 is 0. The molecule has 0 bridgehead atoms. The first kappa shape index (κ1) is 32.9. The van der Waals surface area contributed by atoms with Crippen LogP contribution in [0.3, 0.4) is 0 Å². The Morgan fingerprint density at radius 3 is 2.08 bits per heavy atom. The number of rotatable bonds is 19. The Bertz CT molecular complexity index is 982. The van der Waals surface area contributed by atoms with Crippen LogP contribution in [0.1, 0.15) is 77.7 Å². The standard InChI is InChI=1S/C28H42F5N3O2P/c1-5-7-9-11-19-35(24(4)22-38-26-16-13-23(3)14-17-26)25-15-18-27(36(34-29)39(30,31,32)33)28(21-25)37-20-12-10-8-6-2/h13-18,21,24H,5-12,19-20,22H2,1-4H3. The third-order valence-electron chi connectivity index (χ3n) is 6.40. The number of aryl methyl sites for hydroxylation is 1. The van der Waals surface area contributed by atoms with Crippen molar-refractivity contribution in [2.45, 2.75) is 85.1 Å². The van der Waals surface area contributed by atoms with E-state index in [2.05, 4.69) is 6.92 Å². The molecule has 2 aromatic carbocycles. The molecular weight excluding hydrogens is 536 g/mol. The second-order valence-electron chi connectivity index (χ2n) is 9.84. The minimum atomic E-state index is -8.57. The Morgan fingerprint density at radius 2 is 1.49 bits per heavy atom. The zero-order valence-corrected chi connectivity index (χ0v) is 24.3. The van der Waals surface area contributed by atoms with Gasteiger partial charge in [-0.3, -0.25) is 0 Å². The molecule has 0 fully saturated rings. The summed E-state index contributed by atoms with van der Waals surface area (Å²) in [6.07, 6.45) is 7.35. The van der Waals surface area contributed by atoms with Crippen LogP contribution in [0.2, 0.25) is 0 Å². The zero-order valence-electron chi connectivity index (χ0n) is 23.4. The molecule has 2 aromatic rings. The fraction of sp³-hybridized carbons (Fsp3) is 0.571. The molecule has 0 spiro atoms. The first-order chi connectivity index (χ1) is 18.5. The predicted molar refractivity (Wildman–Crippen MR) is 151 cm³/mol. The average Bonchev–Trinajstić information content (AvgIpc) is 2.88. The monoisotopic (exact) mass is 578 g/mol. The van der Waals surface area contributed by atoms with Crippen LogP contribution in [0.15, 0.2) is 42.5 Å². The Morgan fingerprint density at radius 1 is 0.846 bits per heavy atom. The van der Waals surface area contributed by atoms with Gasteiger partial charge in [0.05, 0.1) is 0 Å². The molecule has 221 valence electrons. The Labute approximate surface area is 230 Å². The van der Waals surface area contributed by atoms with Gasteiger partial charge in [-0.25, -0.2) is 0 Å². The van der Waals surface area contributed by atoms with Gasteiger partial charge in [0, 0.05) is 0 Å². The number of hydrogen-bond donors (Lipinski definition) is 0. The molecule has 11 heteroatoms. The van der Waals surface area contributed by atoms with E-state index in [1.54, 1.807) is 5.65 Å². The van der Waals surface area contributed by atoms with Gasteiger partial charge in [0.25, 0.3) is 0 Å². The molecule has 2 rings (SSSR count). The number of halogens is 5. The molecule has 39 heavy (non-hydrogen) atoms. The second-order valence-corrected chi connectivity index (χ2v) is 11.6. The SMILES string of the molecule is CCCCCCOc1cc(N(CCCCCC)C(C)COc2ccc(C)cc2)ccc1N([N]F)P(F)(F)(F)F. The number of anilines is 2. The summed E-state index contributed by atoms with van der Waals surface area (Å²) in [5.74, 6) is 0.448. The molecule has 1 unspecified atom stereocenters. The van der Waals surface area contributed by atoms with E-state index in [9.17, 15) is 21.3 Å². The fourth-order valence-corrected chi connectivity index (χ4v) is 4.78. The summed E-state index contributed by atoms with van der Waals surface area (Å²) in [6, 6.07) is 11.4. The van der Waals surface area contributed by atoms with Crippen molar-refractivity contribution in [2.75, 3.05) is 29.4 Å².